The highest BCUT2D eigenvalue weighted by Gasteiger charge is 2.18. The van der Waals surface area contributed by atoms with Gasteiger partial charge in [0.2, 0.25) is 0 Å². The maximum absolute atomic E-state index is 11.7. The molecule has 1 aromatic heterocycles. The minimum absolute atomic E-state index is 0.00565. The highest BCUT2D eigenvalue weighted by Crippen LogP contribution is 2.34. The summed E-state index contributed by atoms with van der Waals surface area (Å²) in [5.74, 6) is -0.542. The molecule has 20 heavy (non-hydrogen) atoms. The van der Waals surface area contributed by atoms with Crippen LogP contribution in [0.15, 0.2) is 30.3 Å². The lowest BCUT2D eigenvalue weighted by molar-refractivity contribution is 0.0527. The quantitative estimate of drug-likeness (QED) is 0.850. The summed E-state index contributed by atoms with van der Waals surface area (Å²) in [5.41, 5.74) is 6.62. The van der Waals surface area contributed by atoms with Gasteiger partial charge in [-0.15, -0.1) is 0 Å². The molecule has 2 rings (SSSR count). The number of nitrogens with zero attached hydrogens (tertiary/aromatic N) is 1. The Kier molecular flexibility index (Phi) is 4.10. The minimum Gasteiger partial charge on any atom is -0.507 e. The fourth-order valence-corrected chi connectivity index (χ4v) is 1.99. The molecule has 0 aliphatic heterocycles. The van der Waals surface area contributed by atoms with Crippen LogP contribution in [0.5, 0.6) is 5.75 Å². The van der Waals surface area contributed by atoms with E-state index < -0.39 is 5.97 Å². The van der Waals surface area contributed by atoms with Gasteiger partial charge in [0.1, 0.15) is 17.1 Å². The number of halogens is 1. The topological polar surface area (TPSA) is 85.4 Å². The molecule has 1 heterocycles. The van der Waals surface area contributed by atoms with Gasteiger partial charge < -0.3 is 15.6 Å². The molecule has 0 aliphatic rings. The van der Waals surface area contributed by atoms with E-state index in [9.17, 15) is 9.90 Å². The van der Waals surface area contributed by atoms with E-state index in [-0.39, 0.29) is 28.8 Å². The van der Waals surface area contributed by atoms with Crippen LogP contribution in [0.3, 0.4) is 0 Å². The second kappa shape index (κ2) is 5.79. The molecular formula is C14H13ClN2O3. The normalized spacial score (nSPS) is 10.3. The number of hydrogen-bond donors (Lipinski definition) is 2. The van der Waals surface area contributed by atoms with Gasteiger partial charge >= 0.3 is 5.97 Å². The predicted molar refractivity (Wildman–Crippen MR) is 76.7 cm³/mol. The van der Waals surface area contributed by atoms with Crippen LogP contribution < -0.4 is 5.73 Å². The zero-order valence-electron chi connectivity index (χ0n) is 10.8. The summed E-state index contributed by atoms with van der Waals surface area (Å²) < 4.78 is 4.87. The number of ether oxygens (including phenoxy) is 1. The van der Waals surface area contributed by atoms with Crippen LogP contribution in [0.1, 0.15) is 17.3 Å². The number of benzene rings is 1. The zero-order valence-corrected chi connectivity index (χ0v) is 11.5. The first-order valence-electron chi connectivity index (χ1n) is 5.96. The van der Waals surface area contributed by atoms with Gasteiger partial charge in [-0.25, -0.2) is 9.78 Å². The van der Waals surface area contributed by atoms with Gasteiger partial charge in [-0.05, 0) is 25.1 Å². The average Bonchev–Trinajstić information content (AvgIpc) is 2.42. The fraction of sp³-hybridized carbons (Fsp3) is 0.143. The van der Waals surface area contributed by atoms with Crippen molar-refractivity contribution in [3.63, 3.8) is 0 Å². The monoisotopic (exact) mass is 292 g/mol. The molecule has 0 aliphatic carbocycles. The minimum atomic E-state index is -0.580. The Morgan fingerprint density at radius 1 is 1.45 bits per heavy atom. The van der Waals surface area contributed by atoms with Crippen molar-refractivity contribution in [3.8, 4) is 17.0 Å². The average molecular weight is 293 g/mol. The lowest BCUT2D eigenvalue weighted by atomic mass is 10.1. The molecule has 3 N–H and O–H groups in total. The summed E-state index contributed by atoms with van der Waals surface area (Å²) >= 11 is 6.12. The first kappa shape index (κ1) is 14.1. The number of aromatic hydroxyl groups is 1. The Balaban J connectivity index is 2.51. The lowest BCUT2D eigenvalue weighted by Crippen LogP contribution is -2.10. The Labute approximate surface area is 121 Å². The summed E-state index contributed by atoms with van der Waals surface area (Å²) in [4.78, 5) is 15.8. The molecule has 5 nitrogen and oxygen atoms in total. The smallest absolute Gasteiger partial charge is 0.341 e. The molecule has 6 heteroatoms. The molecule has 0 saturated heterocycles. The molecule has 0 saturated carbocycles. The van der Waals surface area contributed by atoms with E-state index in [0.29, 0.717) is 11.3 Å². The third kappa shape index (κ3) is 2.67. The standard InChI is InChI=1S/C14H13ClN2O3/c1-2-20-14(19)9-7-10(15)12(17-13(9)16)8-5-3-4-6-11(8)18/h3-7,18H,2H2,1H3,(H2,16,17). The number of pyridine rings is 1. The highest BCUT2D eigenvalue weighted by atomic mass is 35.5. The Morgan fingerprint density at radius 2 is 2.15 bits per heavy atom. The zero-order chi connectivity index (χ0) is 14.7. The van der Waals surface area contributed by atoms with Gasteiger partial charge in [0.05, 0.1) is 17.3 Å². The number of carbonyl (C=O) groups excluding carboxylic acids is 1. The van der Waals surface area contributed by atoms with Gasteiger partial charge in [0.25, 0.3) is 0 Å². The van der Waals surface area contributed by atoms with Crippen molar-refractivity contribution in [2.24, 2.45) is 0 Å². The molecule has 0 unspecified atom stereocenters. The summed E-state index contributed by atoms with van der Waals surface area (Å²) in [7, 11) is 0. The molecule has 0 bridgehead atoms. The summed E-state index contributed by atoms with van der Waals surface area (Å²) in [5, 5.41) is 10.0. The number of hydrogen-bond acceptors (Lipinski definition) is 5. The third-order valence-electron chi connectivity index (χ3n) is 2.66. The van der Waals surface area contributed by atoms with E-state index in [0.717, 1.165) is 0 Å². The van der Waals surface area contributed by atoms with Crippen molar-refractivity contribution in [2.45, 2.75) is 6.92 Å². The largest absolute Gasteiger partial charge is 0.507 e. The van der Waals surface area contributed by atoms with Gasteiger partial charge in [0, 0.05) is 5.56 Å². The summed E-state index contributed by atoms with van der Waals surface area (Å²) in [6.45, 7) is 1.93. The number of nitrogen functional groups attached to an aromatic ring is 1. The number of phenolic OH excluding ortho intramolecular Hbond substituents is 1. The van der Waals surface area contributed by atoms with Crippen LogP contribution >= 0.6 is 11.6 Å². The van der Waals surface area contributed by atoms with Crippen molar-refractivity contribution in [3.05, 3.63) is 40.9 Å². The van der Waals surface area contributed by atoms with E-state index >= 15 is 0 Å². The van der Waals surface area contributed by atoms with Crippen LogP contribution in [0.2, 0.25) is 5.02 Å². The van der Waals surface area contributed by atoms with Crippen molar-refractivity contribution >= 4 is 23.4 Å². The molecule has 0 atom stereocenters. The molecule has 1 aromatic carbocycles. The Hall–Kier alpha value is -2.27. The van der Waals surface area contributed by atoms with E-state index in [4.69, 9.17) is 22.1 Å². The first-order valence-corrected chi connectivity index (χ1v) is 6.34. The number of para-hydroxylation sites is 1. The number of nitrogens with two attached hydrogens (primary N) is 1. The van der Waals surface area contributed by atoms with E-state index in [1.807, 2.05) is 0 Å². The Bertz CT molecular complexity index is 659. The van der Waals surface area contributed by atoms with E-state index in [1.54, 1.807) is 25.1 Å². The van der Waals surface area contributed by atoms with Crippen LogP contribution in [0.4, 0.5) is 5.82 Å². The predicted octanol–water partition coefficient (Wildman–Crippen LogP) is 2.87. The van der Waals surface area contributed by atoms with Crippen LogP contribution in [-0.4, -0.2) is 22.7 Å². The molecule has 0 spiro atoms. The number of anilines is 1. The van der Waals surface area contributed by atoms with Gasteiger partial charge in [-0.2, -0.15) is 0 Å². The fourth-order valence-electron chi connectivity index (χ4n) is 1.74. The van der Waals surface area contributed by atoms with Crippen molar-refractivity contribution < 1.29 is 14.6 Å². The molecule has 104 valence electrons. The van der Waals surface area contributed by atoms with Gasteiger partial charge in [-0.1, -0.05) is 23.7 Å². The first-order chi connectivity index (χ1) is 9.54. The SMILES string of the molecule is CCOC(=O)c1cc(Cl)c(-c2ccccc2O)nc1N. The molecule has 2 aromatic rings. The lowest BCUT2D eigenvalue weighted by Gasteiger charge is -2.10. The van der Waals surface area contributed by atoms with Crippen molar-refractivity contribution in [2.75, 3.05) is 12.3 Å². The maximum Gasteiger partial charge on any atom is 0.341 e. The van der Waals surface area contributed by atoms with Gasteiger partial charge in [0.15, 0.2) is 0 Å². The number of phenols is 1. The highest BCUT2D eigenvalue weighted by molar-refractivity contribution is 6.33. The number of rotatable bonds is 3. The van der Waals surface area contributed by atoms with Crippen molar-refractivity contribution in [1.82, 2.24) is 4.98 Å². The third-order valence-corrected chi connectivity index (χ3v) is 2.95. The molecular weight excluding hydrogens is 280 g/mol. The number of esters is 1. The maximum atomic E-state index is 11.7. The van der Waals surface area contributed by atoms with Crippen LogP contribution in [0.25, 0.3) is 11.3 Å². The number of carbonyl (C=O) groups is 1. The number of aromatic nitrogens is 1. The van der Waals surface area contributed by atoms with E-state index in [2.05, 4.69) is 4.98 Å². The summed E-state index contributed by atoms with van der Waals surface area (Å²) in [6.07, 6.45) is 0. The second-order valence-electron chi connectivity index (χ2n) is 3.99. The second-order valence-corrected chi connectivity index (χ2v) is 4.40. The van der Waals surface area contributed by atoms with Gasteiger partial charge in [-0.3, -0.25) is 0 Å². The summed E-state index contributed by atoms with van der Waals surface area (Å²) in [6, 6.07) is 7.99. The van der Waals surface area contributed by atoms with Crippen molar-refractivity contribution in [1.29, 1.82) is 0 Å². The van der Waals surface area contributed by atoms with Crippen LogP contribution in [-0.2, 0) is 4.74 Å². The molecule has 0 radical (unpaired) electrons. The Morgan fingerprint density at radius 3 is 2.80 bits per heavy atom. The van der Waals surface area contributed by atoms with Crippen LogP contribution in [0, 0.1) is 0 Å². The van der Waals surface area contributed by atoms with E-state index in [1.165, 1.54) is 12.1 Å². The molecule has 0 fully saturated rings. The molecule has 0 amide bonds.